The minimum Gasteiger partial charge on any atom is -0.396 e. The normalized spacial score (nSPS) is 19.1. The number of amides is 1. The Balaban J connectivity index is 1.90. The van der Waals surface area contributed by atoms with Gasteiger partial charge < -0.3 is 10.0 Å². The smallest absolute Gasteiger partial charge is 0.232 e. The molecule has 0 aliphatic carbocycles. The number of halogens is 2. The number of benzene rings is 1. The van der Waals surface area contributed by atoms with E-state index in [1.165, 1.54) is 11.8 Å². The summed E-state index contributed by atoms with van der Waals surface area (Å²) >= 11 is 13.4. The largest absolute Gasteiger partial charge is 0.396 e. The molecule has 1 heterocycles. The van der Waals surface area contributed by atoms with E-state index in [0.29, 0.717) is 22.3 Å². The summed E-state index contributed by atoms with van der Waals surface area (Å²) in [6.07, 6.45) is 1.95. The summed E-state index contributed by atoms with van der Waals surface area (Å²) in [7, 11) is 0. The molecule has 0 saturated carbocycles. The van der Waals surface area contributed by atoms with Gasteiger partial charge in [0.1, 0.15) is 0 Å². The number of rotatable bonds is 4. The van der Waals surface area contributed by atoms with Crippen LogP contribution in [-0.2, 0) is 4.79 Å². The zero-order chi connectivity index (χ0) is 14.5. The van der Waals surface area contributed by atoms with Gasteiger partial charge in [0.15, 0.2) is 0 Å². The van der Waals surface area contributed by atoms with Crippen molar-refractivity contribution in [3.8, 4) is 0 Å². The predicted molar refractivity (Wildman–Crippen MR) is 83.6 cm³/mol. The standard InChI is InChI=1S/C14H17Cl2NO2S/c15-11-3-4-12(16)13(6-11)20-9-14(19)17-5-1-2-10(7-17)8-18/h3-4,6,10,18H,1-2,5,7-9H2. The number of hydrogen-bond donors (Lipinski definition) is 1. The molecular formula is C14H17Cl2NO2S. The van der Waals surface area contributed by atoms with Crippen molar-refractivity contribution in [3.63, 3.8) is 0 Å². The fourth-order valence-electron chi connectivity index (χ4n) is 2.26. The third-order valence-electron chi connectivity index (χ3n) is 3.37. The highest BCUT2D eigenvalue weighted by Gasteiger charge is 2.23. The first kappa shape index (κ1) is 16.0. The lowest BCUT2D eigenvalue weighted by molar-refractivity contribution is -0.130. The van der Waals surface area contributed by atoms with Crippen molar-refractivity contribution < 1.29 is 9.90 Å². The van der Waals surface area contributed by atoms with Gasteiger partial charge in [-0.05, 0) is 37.0 Å². The number of piperidine rings is 1. The Labute approximate surface area is 133 Å². The third kappa shape index (κ3) is 4.29. The van der Waals surface area contributed by atoms with Crippen LogP contribution in [0.25, 0.3) is 0 Å². The number of aliphatic hydroxyl groups is 1. The van der Waals surface area contributed by atoms with Crippen LogP contribution >= 0.6 is 35.0 Å². The van der Waals surface area contributed by atoms with E-state index in [1.54, 1.807) is 18.2 Å². The second-order valence-electron chi connectivity index (χ2n) is 4.89. The lowest BCUT2D eigenvalue weighted by Crippen LogP contribution is -2.41. The highest BCUT2D eigenvalue weighted by Crippen LogP contribution is 2.30. The minimum atomic E-state index is 0.0872. The zero-order valence-electron chi connectivity index (χ0n) is 11.0. The molecule has 2 rings (SSSR count). The van der Waals surface area contributed by atoms with Crippen LogP contribution in [0.15, 0.2) is 23.1 Å². The van der Waals surface area contributed by atoms with Crippen LogP contribution in [0, 0.1) is 5.92 Å². The molecule has 0 spiro atoms. The average Bonchev–Trinajstić information content (AvgIpc) is 2.48. The minimum absolute atomic E-state index is 0.0872. The van der Waals surface area contributed by atoms with Crippen LogP contribution in [0.4, 0.5) is 0 Å². The van der Waals surface area contributed by atoms with E-state index in [-0.39, 0.29) is 18.4 Å². The molecule has 1 N–H and O–H groups in total. The van der Waals surface area contributed by atoms with Crippen molar-refractivity contribution in [1.82, 2.24) is 4.90 Å². The summed E-state index contributed by atoms with van der Waals surface area (Å²) in [5, 5.41) is 10.4. The van der Waals surface area contributed by atoms with Gasteiger partial charge in [0, 0.05) is 29.6 Å². The topological polar surface area (TPSA) is 40.5 Å². The van der Waals surface area contributed by atoms with E-state index in [1.807, 2.05) is 4.90 Å². The van der Waals surface area contributed by atoms with Crippen molar-refractivity contribution >= 4 is 40.9 Å². The molecular weight excluding hydrogens is 317 g/mol. The van der Waals surface area contributed by atoms with E-state index in [0.717, 1.165) is 24.3 Å². The first-order valence-electron chi connectivity index (χ1n) is 6.56. The summed E-state index contributed by atoms with van der Waals surface area (Å²) in [5.74, 6) is 0.648. The molecule has 3 nitrogen and oxygen atoms in total. The molecule has 1 aliphatic rings. The second kappa shape index (κ2) is 7.55. The van der Waals surface area contributed by atoms with Crippen molar-refractivity contribution in [3.05, 3.63) is 28.2 Å². The number of carbonyl (C=O) groups is 1. The number of aliphatic hydroxyl groups excluding tert-OH is 1. The Bertz CT molecular complexity index is 484. The Morgan fingerprint density at radius 1 is 1.45 bits per heavy atom. The van der Waals surface area contributed by atoms with Crippen LogP contribution in [0.5, 0.6) is 0 Å². The number of carbonyl (C=O) groups excluding carboxylic acids is 1. The number of likely N-dealkylation sites (tertiary alicyclic amines) is 1. The molecule has 6 heteroatoms. The molecule has 1 fully saturated rings. The molecule has 0 radical (unpaired) electrons. The van der Waals surface area contributed by atoms with Crippen LogP contribution < -0.4 is 0 Å². The van der Waals surface area contributed by atoms with Crippen molar-refractivity contribution in [1.29, 1.82) is 0 Å². The maximum Gasteiger partial charge on any atom is 0.232 e. The van der Waals surface area contributed by atoms with E-state index in [4.69, 9.17) is 23.2 Å². The Kier molecular flexibility index (Phi) is 6.02. The monoisotopic (exact) mass is 333 g/mol. The van der Waals surface area contributed by atoms with Crippen molar-refractivity contribution in [2.24, 2.45) is 5.92 Å². The van der Waals surface area contributed by atoms with E-state index in [2.05, 4.69) is 0 Å². The highest BCUT2D eigenvalue weighted by molar-refractivity contribution is 8.00. The summed E-state index contributed by atoms with van der Waals surface area (Å²) < 4.78 is 0. The van der Waals surface area contributed by atoms with E-state index < -0.39 is 0 Å². The van der Waals surface area contributed by atoms with Gasteiger partial charge in [-0.3, -0.25) is 4.79 Å². The first-order valence-corrected chi connectivity index (χ1v) is 8.31. The van der Waals surface area contributed by atoms with Crippen LogP contribution in [-0.4, -0.2) is 41.4 Å². The molecule has 1 unspecified atom stereocenters. The fraction of sp³-hybridized carbons (Fsp3) is 0.500. The van der Waals surface area contributed by atoms with Crippen molar-refractivity contribution in [2.75, 3.05) is 25.4 Å². The lowest BCUT2D eigenvalue weighted by atomic mass is 9.99. The van der Waals surface area contributed by atoms with Gasteiger partial charge in [-0.25, -0.2) is 0 Å². The van der Waals surface area contributed by atoms with Gasteiger partial charge in [0.2, 0.25) is 5.91 Å². The summed E-state index contributed by atoms with van der Waals surface area (Å²) in [4.78, 5) is 14.8. The van der Waals surface area contributed by atoms with Crippen LogP contribution in [0.2, 0.25) is 10.0 Å². The lowest BCUT2D eigenvalue weighted by Gasteiger charge is -2.31. The van der Waals surface area contributed by atoms with Gasteiger partial charge in [-0.2, -0.15) is 0 Å². The Morgan fingerprint density at radius 3 is 3.00 bits per heavy atom. The molecule has 110 valence electrons. The molecule has 0 bridgehead atoms. The molecule has 1 amide bonds. The van der Waals surface area contributed by atoms with Crippen LogP contribution in [0.3, 0.4) is 0 Å². The van der Waals surface area contributed by atoms with Crippen LogP contribution in [0.1, 0.15) is 12.8 Å². The maximum absolute atomic E-state index is 12.2. The van der Waals surface area contributed by atoms with Gasteiger partial charge >= 0.3 is 0 Å². The quantitative estimate of drug-likeness (QED) is 0.859. The van der Waals surface area contributed by atoms with Gasteiger partial charge in [0.05, 0.1) is 10.8 Å². The fourth-order valence-corrected chi connectivity index (χ4v) is 3.65. The van der Waals surface area contributed by atoms with Gasteiger partial charge in [-0.1, -0.05) is 23.2 Å². The highest BCUT2D eigenvalue weighted by atomic mass is 35.5. The molecule has 1 saturated heterocycles. The Morgan fingerprint density at radius 2 is 2.25 bits per heavy atom. The van der Waals surface area contributed by atoms with Crippen molar-refractivity contribution in [2.45, 2.75) is 17.7 Å². The summed E-state index contributed by atoms with van der Waals surface area (Å²) in [6, 6.07) is 5.24. The molecule has 20 heavy (non-hydrogen) atoms. The Hall–Kier alpha value is -0.420. The maximum atomic E-state index is 12.2. The van der Waals surface area contributed by atoms with Gasteiger partial charge in [0.25, 0.3) is 0 Å². The third-order valence-corrected chi connectivity index (χ3v) is 5.09. The number of nitrogens with zero attached hydrogens (tertiary/aromatic N) is 1. The zero-order valence-corrected chi connectivity index (χ0v) is 13.3. The summed E-state index contributed by atoms with van der Waals surface area (Å²) in [6.45, 7) is 1.58. The average molecular weight is 334 g/mol. The second-order valence-corrected chi connectivity index (χ2v) is 6.75. The molecule has 1 aromatic carbocycles. The first-order chi connectivity index (χ1) is 9.60. The molecule has 0 aromatic heterocycles. The number of thioether (sulfide) groups is 1. The molecule has 1 aliphatic heterocycles. The SMILES string of the molecule is O=C(CSc1cc(Cl)ccc1Cl)N1CCCC(CO)C1. The summed E-state index contributed by atoms with van der Waals surface area (Å²) in [5.41, 5.74) is 0. The predicted octanol–water partition coefficient (Wildman–Crippen LogP) is 3.32. The molecule has 1 atom stereocenters. The number of hydrogen-bond acceptors (Lipinski definition) is 3. The molecule has 1 aromatic rings. The van der Waals surface area contributed by atoms with Gasteiger partial charge in [-0.15, -0.1) is 11.8 Å². The van der Waals surface area contributed by atoms with E-state index >= 15 is 0 Å². The van der Waals surface area contributed by atoms with E-state index in [9.17, 15) is 9.90 Å².